The van der Waals surface area contributed by atoms with E-state index in [2.05, 4.69) is 47.1 Å². The lowest BCUT2D eigenvalue weighted by Crippen LogP contribution is -2.42. The van der Waals surface area contributed by atoms with Crippen LogP contribution in [0, 0.1) is 12.8 Å². The van der Waals surface area contributed by atoms with Crippen LogP contribution in [0.4, 0.5) is 11.5 Å². The van der Waals surface area contributed by atoms with Gasteiger partial charge in [-0.15, -0.1) is 5.10 Å². The number of piperidine rings is 2. The Kier molecular flexibility index (Phi) is 8.17. The maximum Gasteiger partial charge on any atom is 0.221 e. The second-order valence-electron chi connectivity index (χ2n) is 10.5. The molecular weight excluding hydrogens is 480 g/mol. The second-order valence-corrected chi connectivity index (χ2v) is 10.5. The molecular formula is C28H38N8O2. The highest BCUT2D eigenvalue weighted by Crippen LogP contribution is 2.32. The van der Waals surface area contributed by atoms with Gasteiger partial charge >= 0.3 is 0 Å². The minimum Gasteiger partial charge on any atom is -0.359 e. The number of rotatable bonds is 9. The maximum absolute atomic E-state index is 11.8. The fourth-order valence-electron chi connectivity index (χ4n) is 5.82. The smallest absolute Gasteiger partial charge is 0.221 e. The number of aromatic nitrogens is 4. The molecule has 202 valence electrons. The van der Waals surface area contributed by atoms with Crippen LogP contribution in [0.2, 0.25) is 0 Å². The Hall–Kier alpha value is -3.53. The standard InChI is InChI=1S/C28H38N8O2/c1-21-3-4-26(32-31-21)34-15-6-22(7-16-34)19-33-13-8-23(9-14-33)36-18-10-24-25(5-12-30-28(24)36)35(20-37)17-11-27(38)29-2/h3-5,10,12,18,20,22-23H,6-9,11,13-17,19H2,1-2H3,(H,29,38). The number of hydrogen-bond donors (Lipinski definition) is 1. The molecule has 2 aliphatic heterocycles. The molecule has 0 spiro atoms. The third-order valence-electron chi connectivity index (χ3n) is 8.08. The number of amides is 2. The van der Waals surface area contributed by atoms with Gasteiger partial charge in [0.05, 0.1) is 11.4 Å². The third kappa shape index (κ3) is 5.80. The fraction of sp³-hybridized carbons (Fsp3) is 0.536. The maximum atomic E-state index is 11.8. The minimum absolute atomic E-state index is 0.0855. The van der Waals surface area contributed by atoms with Gasteiger partial charge in [-0.3, -0.25) is 9.59 Å². The Morgan fingerprint density at radius 1 is 1.08 bits per heavy atom. The van der Waals surface area contributed by atoms with Gasteiger partial charge in [0.2, 0.25) is 12.3 Å². The SMILES string of the molecule is CNC(=O)CCN(C=O)c1ccnc2c1ccn2C1CCN(CC2CCN(c3ccc(C)nn3)CC2)CC1. The first kappa shape index (κ1) is 26.1. The Bertz CT molecular complexity index is 1230. The highest BCUT2D eigenvalue weighted by Gasteiger charge is 2.27. The number of nitrogens with zero attached hydrogens (tertiary/aromatic N) is 7. The molecule has 2 saturated heterocycles. The van der Waals surface area contributed by atoms with Gasteiger partial charge in [-0.1, -0.05) is 0 Å². The van der Waals surface area contributed by atoms with Crippen LogP contribution in [-0.4, -0.2) is 83.3 Å². The lowest BCUT2D eigenvalue weighted by Gasteiger charge is -2.38. The summed E-state index contributed by atoms with van der Waals surface area (Å²) >= 11 is 0. The molecule has 0 aromatic carbocycles. The zero-order chi connectivity index (χ0) is 26.5. The van der Waals surface area contributed by atoms with E-state index >= 15 is 0 Å². The quantitative estimate of drug-likeness (QED) is 0.435. The van der Waals surface area contributed by atoms with E-state index in [1.54, 1.807) is 18.1 Å². The van der Waals surface area contributed by atoms with Crippen LogP contribution in [0.5, 0.6) is 0 Å². The number of fused-ring (bicyclic) bond motifs is 1. The average molecular weight is 519 g/mol. The van der Waals surface area contributed by atoms with Crippen LogP contribution in [0.1, 0.15) is 43.8 Å². The largest absolute Gasteiger partial charge is 0.359 e. The molecule has 0 saturated carbocycles. The lowest BCUT2D eigenvalue weighted by atomic mass is 9.94. The normalized spacial score (nSPS) is 17.6. The number of pyridine rings is 1. The molecule has 0 aliphatic carbocycles. The highest BCUT2D eigenvalue weighted by atomic mass is 16.2. The average Bonchev–Trinajstić information content (AvgIpc) is 3.39. The Balaban J connectivity index is 1.15. The number of anilines is 2. The molecule has 0 radical (unpaired) electrons. The predicted octanol–water partition coefficient (Wildman–Crippen LogP) is 2.79. The Labute approximate surface area is 224 Å². The van der Waals surface area contributed by atoms with E-state index in [9.17, 15) is 9.59 Å². The van der Waals surface area contributed by atoms with Crippen LogP contribution in [0.15, 0.2) is 36.7 Å². The van der Waals surface area contributed by atoms with Gasteiger partial charge in [0.15, 0.2) is 5.82 Å². The van der Waals surface area contributed by atoms with Gasteiger partial charge < -0.3 is 24.6 Å². The van der Waals surface area contributed by atoms with Gasteiger partial charge in [-0.2, -0.15) is 5.10 Å². The van der Waals surface area contributed by atoms with Crippen molar-refractivity contribution in [3.05, 3.63) is 42.4 Å². The van der Waals surface area contributed by atoms with Crippen LogP contribution < -0.4 is 15.1 Å². The van der Waals surface area contributed by atoms with Crippen molar-refractivity contribution in [1.82, 2.24) is 30.0 Å². The van der Waals surface area contributed by atoms with Crippen molar-refractivity contribution in [1.29, 1.82) is 0 Å². The number of likely N-dealkylation sites (tertiary alicyclic amines) is 1. The minimum atomic E-state index is -0.0855. The molecule has 2 fully saturated rings. The van der Waals surface area contributed by atoms with Crippen LogP contribution in [0.25, 0.3) is 11.0 Å². The number of aryl methyl sites for hydroxylation is 1. The third-order valence-corrected chi connectivity index (χ3v) is 8.08. The van der Waals surface area contributed by atoms with E-state index in [4.69, 9.17) is 0 Å². The molecule has 2 aliphatic rings. The molecule has 10 nitrogen and oxygen atoms in total. The van der Waals surface area contributed by atoms with E-state index < -0.39 is 0 Å². The highest BCUT2D eigenvalue weighted by molar-refractivity contribution is 5.96. The predicted molar refractivity (Wildman–Crippen MR) is 148 cm³/mol. The van der Waals surface area contributed by atoms with Gasteiger partial charge in [-0.25, -0.2) is 4.98 Å². The van der Waals surface area contributed by atoms with E-state index in [-0.39, 0.29) is 12.3 Å². The molecule has 38 heavy (non-hydrogen) atoms. The molecule has 0 atom stereocenters. The van der Waals surface area contributed by atoms with Crippen LogP contribution in [0.3, 0.4) is 0 Å². The summed E-state index contributed by atoms with van der Waals surface area (Å²) in [6, 6.07) is 8.41. The molecule has 0 bridgehead atoms. The summed E-state index contributed by atoms with van der Waals surface area (Å²) in [7, 11) is 1.61. The molecule has 0 unspecified atom stereocenters. The lowest BCUT2D eigenvalue weighted by molar-refractivity contribution is -0.120. The van der Waals surface area contributed by atoms with Gasteiger partial charge in [-0.05, 0) is 62.8 Å². The van der Waals surface area contributed by atoms with Crippen molar-refractivity contribution >= 4 is 34.9 Å². The number of nitrogens with one attached hydrogen (secondary N) is 1. The van der Waals surface area contributed by atoms with Crippen molar-refractivity contribution in [3.63, 3.8) is 0 Å². The van der Waals surface area contributed by atoms with E-state index in [0.717, 1.165) is 86.1 Å². The summed E-state index contributed by atoms with van der Waals surface area (Å²) in [4.78, 5) is 34.8. The summed E-state index contributed by atoms with van der Waals surface area (Å²) in [5.41, 5.74) is 2.66. The first-order valence-corrected chi connectivity index (χ1v) is 13.7. The van der Waals surface area contributed by atoms with Crippen LogP contribution >= 0.6 is 0 Å². The van der Waals surface area contributed by atoms with Crippen molar-refractivity contribution in [2.24, 2.45) is 5.92 Å². The molecule has 2 amide bonds. The van der Waals surface area contributed by atoms with Crippen molar-refractivity contribution in [2.45, 2.75) is 45.1 Å². The van der Waals surface area contributed by atoms with E-state index in [0.29, 0.717) is 12.6 Å². The fourth-order valence-corrected chi connectivity index (χ4v) is 5.82. The molecule has 5 rings (SSSR count). The second kappa shape index (κ2) is 11.9. The monoisotopic (exact) mass is 518 g/mol. The van der Waals surface area contributed by atoms with Crippen molar-refractivity contribution < 1.29 is 9.59 Å². The number of hydrogen-bond acceptors (Lipinski definition) is 7. The molecule has 3 aromatic rings. The van der Waals surface area contributed by atoms with Gasteiger partial charge in [0.1, 0.15) is 5.65 Å². The van der Waals surface area contributed by atoms with Gasteiger partial charge in [0, 0.05) is 76.6 Å². The first-order valence-electron chi connectivity index (χ1n) is 13.7. The van der Waals surface area contributed by atoms with Gasteiger partial charge in [0.25, 0.3) is 0 Å². The molecule has 3 aromatic heterocycles. The Morgan fingerprint density at radius 3 is 2.55 bits per heavy atom. The summed E-state index contributed by atoms with van der Waals surface area (Å²) in [6.45, 7) is 7.72. The van der Waals surface area contributed by atoms with Crippen molar-refractivity contribution in [2.75, 3.05) is 56.1 Å². The topological polar surface area (TPSA) is 99.5 Å². The molecule has 1 N–H and O–H groups in total. The summed E-state index contributed by atoms with van der Waals surface area (Å²) in [5.74, 6) is 1.63. The van der Waals surface area contributed by atoms with Crippen molar-refractivity contribution in [3.8, 4) is 0 Å². The summed E-state index contributed by atoms with van der Waals surface area (Å²) in [5, 5.41) is 12.1. The summed E-state index contributed by atoms with van der Waals surface area (Å²) in [6.07, 6.45) is 9.48. The molecule has 10 heteroatoms. The molecule has 5 heterocycles. The number of carbonyl (C=O) groups excluding carboxylic acids is 2. The van der Waals surface area contributed by atoms with Crippen LogP contribution in [-0.2, 0) is 9.59 Å². The number of carbonyl (C=O) groups is 2. The summed E-state index contributed by atoms with van der Waals surface area (Å²) < 4.78 is 2.28. The zero-order valence-electron chi connectivity index (χ0n) is 22.4. The Morgan fingerprint density at radius 2 is 1.87 bits per heavy atom. The zero-order valence-corrected chi connectivity index (χ0v) is 22.4. The van der Waals surface area contributed by atoms with E-state index in [1.165, 1.54) is 12.8 Å². The van der Waals surface area contributed by atoms with E-state index in [1.807, 2.05) is 25.1 Å². The first-order chi connectivity index (χ1) is 18.6.